The molecule has 0 aliphatic carbocycles. The van der Waals surface area contributed by atoms with E-state index >= 15 is 0 Å². The van der Waals surface area contributed by atoms with Gasteiger partial charge in [0.05, 0.1) is 12.6 Å². The van der Waals surface area contributed by atoms with E-state index in [9.17, 15) is 4.79 Å². The second-order valence-corrected chi connectivity index (χ2v) is 5.51. The first-order chi connectivity index (χ1) is 8.52. The van der Waals surface area contributed by atoms with Crippen LogP contribution in [0.15, 0.2) is 0 Å². The highest BCUT2D eigenvalue weighted by Gasteiger charge is 2.32. The van der Waals surface area contributed by atoms with Crippen LogP contribution in [0, 0.1) is 5.41 Å². The molecule has 1 aliphatic rings. The summed E-state index contributed by atoms with van der Waals surface area (Å²) < 4.78 is 4.92. The zero-order chi connectivity index (χ0) is 13.6. The van der Waals surface area contributed by atoms with E-state index in [1.807, 2.05) is 6.92 Å². The van der Waals surface area contributed by atoms with Gasteiger partial charge in [-0.05, 0) is 44.8 Å². The molecule has 106 valence electrons. The van der Waals surface area contributed by atoms with Gasteiger partial charge in [0.2, 0.25) is 5.91 Å². The molecule has 1 saturated heterocycles. The third-order valence-corrected chi connectivity index (χ3v) is 4.03. The van der Waals surface area contributed by atoms with Crippen LogP contribution in [0.4, 0.5) is 0 Å². The fourth-order valence-corrected chi connectivity index (χ4v) is 2.25. The molecule has 0 aromatic carbocycles. The van der Waals surface area contributed by atoms with Crippen molar-refractivity contribution in [3.63, 3.8) is 0 Å². The summed E-state index contributed by atoms with van der Waals surface area (Å²) in [6.45, 7) is 7.97. The van der Waals surface area contributed by atoms with E-state index in [0.717, 1.165) is 32.5 Å². The summed E-state index contributed by atoms with van der Waals surface area (Å²) in [5.41, 5.74) is 6.04. The van der Waals surface area contributed by atoms with Gasteiger partial charge in [-0.3, -0.25) is 9.69 Å². The zero-order valence-corrected chi connectivity index (χ0v) is 11.9. The van der Waals surface area contributed by atoms with Gasteiger partial charge < -0.3 is 15.8 Å². The minimum Gasteiger partial charge on any atom is -0.383 e. The molecule has 1 unspecified atom stereocenters. The van der Waals surface area contributed by atoms with Crippen molar-refractivity contribution in [1.29, 1.82) is 0 Å². The van der Waals surface area contributed by atoms with Crippen LogP contribution in [0.25, 0.3) is 0 Å². The summed E-state index contributed by atoms with van der Waals surface area (Å²) in [6.07, 6.45) is 2.14. The largest absolute Gasteiger partial charge is 0.383 e. The van der Waals surface area contributed by atoms with E-state index in [-0.39, 0.29) is 17.4 Å². The highest BCUT2D eigenvalue weighted by molar-refractivity contribution is 5.81. The summed E-state index contributed by atoms with van der Waals surface area (Å²) in [7, 11) is 1.63. The van der Waals surface area contributed by atoms with E-state index < -0.39 is 0 Å². The Labute approximate surface area is 110 Å². The number of nitrogens with one attached hydrogen (secondary N) is 1. The van der Waals surface area contributed by atoms with Crippen LogP contribution in [0.1, 0.15) is 26.7 Å². The number of rotatable bonds is 6. The third-order valence-electron chi connectivity index (χ3n) is 4.03. The lowest BCUT2D eigenvalue weighted by molar-refractivity contribution is -0.126. The molecule has 0 bridgehead atoms. The summed E-state index contributed by atoms with van der Waals surface area (Å²) in [6, 6.07) is -0.0656. The maximum Gasteiger partial charge on any atom is 0.237 e. The second kappa shape index (κ2) is 7.07. The van der Waals surface area contributed by atoms with Crippen LogP contribution in [-0.4, -0.2) is 56.7 Å². The van der Waals surface area contributed by atoms with E-state index in [1.165, 1.54) is 0 Å². The fraction of sp³-hybridized carbons (Fsp3) is 0.923. The molecule has 1 fully saturated rings. The molecule has 18 heavy (non-hydrogen) atoms. The number of hydrogen-bond donors (Lipinski definition) is 2. The van der Waals surface area contributed by atoms with Crippen molar-refractivity contribution in [2.24, 2.45) is 11.1 Å². The molecule has 3 N–H and O–H groups in total. The monoisotopic (exact) mass is 257 g/mol. The highest BCUT2D eigenvalue weighted by atomic mass is 16.5. The molecular formula is C13H27N3O2. The average molecular weight is 257 g/mol. The Hall–Kier alpha value is -0.650. The molecular weight excluding hydrogens is 230 g/mol. The van der Waals surface area contributed by atoms with Crippen molar-refractivity contribution >= 4 is 5.91 Å². The second-order valence-electron chi connectivity index (χ2n) is 5.51. The van der Waals surface area contributed by atoms with Gasteiger partial charge in [0, 0.05) is 13.7 Å². The Morgan fingerprint density at radius 1 is 1.50 bits per heavy atom. The molecule has 1 aliphatic heterocycles. The Morgan fingerprint density at radius 3 is 2.61 bits per heavy atom. The standard InChI is InChI=1S/C13H27N3O2/c1-11(12(17)15-6-9-18-3)16-7-4-13(2,10-14)5-8-16/h11H,4-10,14H2,1-3H3,(H,15,17). The predicted octanol–water partition coefficient (Wildman–Crippen LogP) is 0.198. The van der Waals surface area contributed by atoms with Crippen LogP contribution in [0.2, 0.25) is 0 Å². The fourth-order valence-electron chi connectivity index (χ4n) is 2.25. The summed E-state index contributed by atoms with van der Waals surface area (Å²) in [5.74, 6) is 0.0865. The number of amides is 1. The van der Waals surface area contributed by atoms with Gasteiger partial charge in [-0.15, -0.1) is 0 Å². The maximum atomic E-state index is 11.9. The molecule has 5 heteroatoms. The maximum absolute atomic E-state index is 11.9. The first-order valence-electron chi connectivity index (χ1n) is 6.73. The number of nitrogens with zero attached hydrogens (tertiary/aromatic N) is 1. The lowest BCUT2D eigenvalue weighted by Gasteiger charge is -2.40. The van der Waals surface area contributed by atoms with Gasteiger partial charge in [-0.1, -0.05) is 6.92 Å². The Kier molecular flexibility index (Phi) is 6.05. The number of ether oxygens (including phenoxy) is 1. The number of piperidine rings is 1. The van der Waals surface area contributed by atoms with Crippen LogP contribution < -0.4 is 11.1 Å². The van der Waals surface area contributed by atoms with Crippen molar-refractivity contribution in [1.82, 2.24) is 10.2 Å². The van der Waals surface area contributed by atoms with E-state index in [4.69, 9.17) is 10.5 Å². The van der Waals surface area contributed by atoms with Gasteiger partial charge in [-0.2, -0.15) is 0 Å². The summed E-state index contributed by atoms with van der Waals surface area (Å²) in [5, 5.41) is 2.89. The van der Waals surface area contributed by atoms with Crippen molar-refractivity contribution < 1.29 is 9.53 Å². The molecule has 5 nitrogen and oxygen atoms in total. The van der Waals surface area contributed by atoms with Gasteiger partial charge in [0.15, 0.2) is 0 Å². The van der Waals surface area contributed by atoms with E-state index in [1.54, 1.807) is 7.11 Å². The van der Waals surface area contributed by atoms with Crippen molar-refractivity contribution in [3.8, 4) is 0 Å². The Bertz CT molecular complexity index is 263. The summed E-state index contributed by atoms with van der Waals surface area (Å²) >= 11 is 0. The molecule has 0 saturated carbocycles. The highest BCUT2D eigenvalue weighted by Crippen LogP contribution is 2.30. The van der Waals surface area contributed by atoms with Crippen LogP contribution >= 0.6 is 0 Å². The normalized spacial score (nSPS) is 21.6. The Morgan fingerprint density at radius 2 is 2.11 bits per heavy atom. The van der Waals surface area contributed by atoms with Crippen molar-refractivity contribution in [2.75, 3.05) is 39.9 Å². The lowest BCUT2D eigenvalue weighted by atomic mass is 9.80. The molecule has 1 rings (SSSR count). The van der Waals surface area contributed by atoms with Crippen molar-refractivity contribution in [2.45, 2.75) is 32.7 Å². The first-order valence-corrected chi connectivity index (χ1v) is 6.73. The minimum atomic E-state index is -0.0656. The number of carbonyl (C=O) groups is 1. The number of likely N-dealkylation sites (tertiary alicyclic amines) is 1. The molecule has 1 heterocycles. The Balaban J connectivity index is 2.35. The number of hydrogen-bond acceptors (Lipinski definition) is 4. The van der Waals surface area contributed by atoms with Crippen molar-refractivity contribution in [3.05, 3.63) is 0 Å². The molecule has 0 aromatic rings. The van der Waals surface area contributed by atoms with Gasteiger partial charge in [0.25, 0.3) is 0 Å². The smallest absolute Gasteiger partial charge is 0.237 e. The number of methoxy groups -OCH3 is 1. The number of nitrogens with two attached hydrogens (primary N) is 1. The zero-order valence-electron chi connectivity index (χ0n) is 11.9. The average Bonchev–Trinajstić information content (AvgIpc) is 2.39. The first kappa shape index (κ1) is 15.4. The summed E-state index contributed by atoms with van der Waals surface area (Å²) in [4.78, 5) is 14.2. The topological polar surface area (TPSA) is 67.6 Å². The van der Waals surface area contributed by atoms with Gasteiger partial charge >= 0.3 is 0 Å². The van der Waals surface area contributed by atoms with Crippen LogP contribution in [0.5, 0.6) is 0 Å². The molecule has 0 radical (unpaired) electrons. The minimum absolute atomic E-state index is 0.0656. The van der Waals surface area contributed by atoms with Crippen LogP contribution in [-0.2, 0) is 9.53 Å². The predicted molar refractivity (Wildman–Crippen MR) is 72.3 cm³/mol. The number of carbonyl (C=O) groups excluding carboxylic acids is 1. The molecule has 1 amide bonds. The third kappa shape index (κ3) is 4.23. The molecule has 0 aromatic heterocycles. The van der Waals surface area contributed by atoms with E-state index in [0.29, 0.717) is 13.2 Å². The van der Waals surface area contributed by atoms with Crippen LogP contribution in [0.3, 0.4) is 0 Å². The van der Waals surface area contributed by atoms with Gasteiger partial charge in [-0.25, -0.2) is 0 Å². The van der Waals surface area contributed by atoms with E-state index in [2.05, 4.69) is 17.1 Å². The van der Waals surface area contributed by atoms with Gasteiger partial charge in [0.1, 0.15) is 0 Å². The lowest BCUT2D eigenvalue weighted by Crippen LogP contribution is -2.51. The molecule has 1 atom stereocenters. The SMILES string of the molecule is COCCNC(=O)C(C)N1CCC(C)(CN)CC1. The molecule has 0 spiro atoms. The quantitative estimate of drug-likeness (QED) is 0.667.